The van der Waals surface area contributed by atoms with Gasteiger partial charge in [0.2, 0.25) is 5.91 Å². The molecule has 0 aliphatic carbocycles. The minimum atomic E-state index is -0.787. The summed E-state index contributed by atoms with van der Waals surface area (Å²) >= 11 is 2.49. The molecule has 1 atom stereocenters. The van der Waals surface area contributed by atoms with E-state index < -0.39 is 4.75 Å². The van der Waals surface area contributed by atoms with Gasteiger partial charge in [0.25, 0.3) is 5.91 Å². The molecular weight excluding hydrogens is 396 g/mol. The van der Waals surface area contributed by atoms with Gasteiger partial charge in [-0.25, -0.2) is 0 Å². The van der Waals surface area contributed by atoms with Gasteiger partial charge in [-0.1, -0.05) is 22.7 Å². The number of carbonyl (C=O) groups is 2. The van der Waals surface area contributed by atoms with Crippen LogP contribution in [0.25, 0.3) is 0 Å². The van der Waals surface area contributed by atoms with Gasteiger partial charge in [0.05, 0.1) is 7.11 Å². The van der Waals surface area contributed by atoms with Crippen LogP contribution in [0.2, 0.25) is 0 Å². The number of amides is 2. The van der Waals surface area contributed by atoms with E-state index in [4.69, 9.17) is 4.74 Å². The Balaban J connectivity index is 1.58. The Bertz CT molecular complexity index is 896. The van der Waals surface area contributed by atoms with Crippen LogP contribution in [-0.4, -0.2) is 46.5 Å². The number of anilines is 1. The summed E-state index contributed by atoms with van der Waals surface area (Å²) in [6, 6.07) is 7.50. The van der Waals surface area contributed by atoms with E-state index in [1.54, 1.807) is 12.0 Å². The fourth-order valence-corrected chi connectivity index (χ4v) is 5.04. The highest BCUT2D eigenvalue weighted by atomic mass is 32.2. The van der Waals surface area contributed by atoms with Crippen molar-refractivity contribution in [2.75, 3.05) is 25.5 Å². The second-order valence-corrected chi connectivity index (χ2v) is 8.61. The van der Waals surface area contributed by atoms with Crippen molar-refractivity contribution in [3.63, 3.8) is 0 Å². The van der Waals surface area contributed by atoms with E-state index >= 15 is 0 Å². The molecule has 0 spiro atoms. The van der Waals surface area contributed by atoms with Crippen LogP contribution >= 0.6 is 23.3 Å². The van der Waals surface area contributed by atoms with E-state index in [2.05, 4.69) is 14.9 Å². The molecule has 1 fully saturated rings. The average Bonchev–Trinajstić information content (AvgIpc) is 3.49. The van der Waals surface area contributed by atoms with Crippen molar-refractivity contribution in [3.8, 4) is 5.75 Å². The molecule has 9 heteroatoms. The summed E-state index contributed by atoms with van der Waals surface area (Å²) in [4.78, 5) is 27.8. The Morgan fingerprint density at radius 1 is 1.21 bits per heavy atom. The highest BCUT2D eigenvalue weighted by Gasteiger charge is 2.42. The summed E-state index contributed by atoms with van der Waals surface area (Å²) in [6.07, 6.45) is 4.54. The maximum absolute atomic E-state index is 13.3. The molecule has 2 aliphatic heterocycles. The van der Waals surface area contributed by atoms with Crippen LogP contribution in [0.1, 0.15) is 35.3 Å². The zero-order valence-electron chi connectivity index (χ0n) is 15.4. The number of likely N-dealkylation sites (tertiary alicyclic amines) is 1. The first-order chi connectivity index (χ1) is 13.6. The molecule has 146 valence electrons. The maximum atomic E-state index is 13.3. The van der Waals surface area contributed by atoms with E-state index in [-0.39, 0.29) is 17.5 Å². The van der Waals surface area contributed by atoms with Gasteiger partial charge in [-0.3, -0.25) is 9.59 Å². The number of methoxy groups -OCH3 is 1. The van der Waals surface area contributed by atoms with Gasteiger partial charge in [-0.15, -0.1) is 16.9 Å². The number of aromatic nitrogens is 2. The molecule has 4 rings (SSSR count). The first-order valence-electron chi connectivity index (χ1n) is 9.04. The summed E-state index contributed by atoms with van der Waals surface area (Å²) in [6.45, 7) is 1.44. The van der Waals surface area contributed by atoms with E-state index in [9.17, 15) is 9.59 Å². The van der Waals surface area contributed by atoms with Gasteiger partial charge in [0.15, 0.2) is 5.69 Å². The number of thioether (sulfide) groups is 1. The first kappa shape index (κ1) is 18.9. The number of hydrogen-bond donors (Lipinski definition) is 1. The molecule has 1 N–H and O–H groups in total. The molecule has 0 bridgehead atoms. The summed E-state index contributed by atoms with van der Waals surface area (Å²) in [7, 11) is 1.61. The molecule has 28 heavy (non-hydrogen) atoms. The number of benzene rings is 1. The van der Waals surface area contributed by atoms with Crippen LogP contribution in [0.3, 0.4) is 0 Å². The topological polar surface area (TPSA) is 84.4 Å². The van der Waals surface area contributed by atoms with E-state index in [1.807, 2.05) is 35.7 Å². The number of rotatable bonds is 5. The Morgan fingerprint density at radius 3 is 2.61 bits per heavy atom. The van der Waals surface area contributed by atoms with Crippen LogP contribution in [-0.2, 0) is 9.54 Å². The van der Waals surface area contributed by atoms with Crippen LogP contribution < -0.4 is 10.1 Å². The second-order valence-electron chi connectivity index (χ2n) is 6.65. The summed E-state index contributed by atoms with van der Waals surface area (Å²) in [5.74, 6) is 0.381. The lowest BCUT2D eigenvalue weighted by atomic mass is 9.93. The van der Waals surface area contributed by atoms with E-state index in [0.717, 1.165) is 48.8 Å². The Morgan fingerprint density at radius 2 is 1.96 bits per heavy atom. The lowest BCUT2D eigenvalue weighted by Crippen LogP contribution is -2.36. The molecule has 0 saturated carbocycles. The van der Waals surface area contributed by atoms with Crippen LogP contribution in [0.5, 0.6) is 5.75 Å². The molecule has 1 aromatic heterocycles. The van der Waals surface area contributed by atoms with Crippen molar-refractivity contribution in [2.24, 2.45) is 0 Å². The largest absolute Gasteiger partial charge is 0.497 e. The van der Waals surface area contributed by atoms with Crippen molar-refractivity contribution in [1.29, 1.82) is 0 Å². The highest BCUT2D eigenvalue weighted by Crippen LogP contribution is 2.46. The summed E-state index contributed by atoms with van der Waals surface area (Å²) in [5, 5.41) is 9.24. The van der Waals surface area contributed by atoms with Gasteiger partial charge >= 0.3 is 0 Å². The first-order valence-corrected chi connectivity index (χ1v) is 10.7. The molecule has 0 radical (unpaired) electrons. The van der Waals surface area contributed by atoms with Gasteiger partial charge < -0.3 is 15.0 Å². The molecule has 1 saturated heterocycles. The molecule has 7 nitrogen and oxygen atoms in total. The number of ether oxygens (including phenoxy) is 1. The third-order valence-electron chi connectivity index (χ3n) is 5.00. The maximum Gasteiger partial charge on any atom is 0.277 e. The second kappa shape index (κ2) is 7.92. The Labute approximate surface area is 171 Å². The summed E-state index contributed by atoms with van der Waals surface area (Å²) in [5.41, 5.74) is 1.10. The SMILES string of the molecule is COc1ccc(C2(C(=O)Nc3snnc3C(=O)N3CCCC3)CC=CS2)cc1. The Kier molecular flexibility index (Phi) is 5.36. The monoisotopic (exact) mass is 416 g/mol. The fourth-order valence-electron chi connectivity index (χ4n) is 3.44. The van der Waals surface area contributed by atoms with Crippen molar-refractivity contribution in [3.05, 3.63) is 47.0 Å². The third kappa shape index (κ3) is 3.40. The molecular formula is C19H20N4O3S2. The van der Waals surface area contributed by atoms with Crippen molar-refractivity contribution < 1.29 is 14.3 Å². The van der Waals surface area contributed by atoms with E-state index in [0.29, 0.717) is 11.4 Å². The summed E-state index contributed by atoms with van der Waals surface area (Å²) < 4.78 is 8.34. The van der Waals surface area contributed by atoms with Crippen molar-refractivity contribution >= 4 is 40.1 Å². The lowest BCUT2D eigenvalue weighted by molar-refractivity contribution is -0.118. The third-order valence-corrected chi connectivity index (χ3v) is 6.96. The average molecular weight is 417 g/mol. The normalized spacial score (nSPS) is 21.1. The lowest BCUT2D eigenvalue weighted by Gasteiger charge is -2.27. The van der Waals surface area contributed by atoms with E-state index in [1.165, 1.54) is 11.8 Å². The zero-order valence-corrected chi connectivity index (χ0v) is 17.0. The highest BCUT2D eigenvalue weighted by molar-refractivity contribution is 8.04. The number of hydrogen-bond acceptors (Lipinski definition) is 7. The van der Waals surface area contributed by atoms with Crippen molar-refractivity contribution in [1.82, 2.24) is 14.5 Å². The number of allylic oxidation sites excluding steroid dienone is 1. The molecule has 2 aromatic rings. The standard InChI is InChI=1S/C19H20N4O3S2/c1-26-14-7-5-13(6-8-14)19(9-4-12-27-19)18(25)20-16-15(21-22-28-16)17(24)23-10-2-3-11-23/h4-8,12H,2-3,9-11H2,1H3,(H,20,25). The van der Waals surface area contributed by atoms with Gasteiger partial charge in [0, 0.05) is 24.6 Å². The molecule has 3 heterocycles. The number of nitrogens with zero attached hydrogens (tertiary/aromatic N) is 3. The predicted molar refractivity (Wildman–Crippen MR) is 110 cm³/mol. The molecule has 2 aliphatic rings. The minimum absolute atomic E-state index is 0.169. The Hall–Kier alpha value is -2.39. The molecule has 1 unspecified atom stereocenters. The zero-order chi connectivity index (χ0) is 19.6. The van der Waals surface area contributed by atoms with Gasteiger partial charge in [-0.05, 0) is 42.4 Å². The fraction of sp³-hybridized carbons (Fsp3) is 0.368. The quantitative estimate of drug-likeness (QED) is 0.805. The minimum Gasteiger partial charge on any atom is -0.497 e. The van der Waals surface area contributed by atoms with Crippen molar-refractivity contribution in [2.45, 2.75) is 24.0 Å². The predicted octanol–water partition coefficient (Wildman–Crippen LogP) is 3.27. The molecule has 2 amide bonds. The van der Waals surface area contributed by atoms with Crippen LogP contribution in [0.4, 0.5) is 5.00 Å². The van der Waals surface area contributed by atoms with Gasteiger partial charge in [-0.2, -0.15) is 0 Å². The van der Waals surface area contributed by atoms with Crippen LogP contribution in [0.15, 0.2) is 35.7 Å². The number of carbonyl (C=O) groups excluding carboxylic acids is 2. The van der Waals surface area contributed by atoms with Crippen LogP contribution in [0, 0.1) is 0 Å². The number of nitrogens with one attached hydrogen (secondary N) is 1. The smallest absolute Gasteiger partial charge is 0.277 e. The molecule has 1 aromatic carbocycles. The van der Waals surface area contributed by atoms with Gasteiger partial charge in [0.1, 0.15) is 15.5 Å².